The van der Waals surface area contributed by atoms with E-state index in [0.29, 0.717) is 37.5 Å². The highest BCUT2D eigenvalue weighted by Gasteiger charge is 2.18. The van der Waals surface area contributed by atoms with Gasteiger partial charge in [0, 0.05) is 30.5 Å². The average Bonchev–Trinajstić information content (AvgIpc) is 3.25. The number of nitrogens with two attached hydrogens (primary N) is 2. The Morgan fingerprint density at radius 2 is 1.68 bits per heavy atom. The zero-order valence-electron chi connectivity index (χ0n) is 18.6. The number of carbonyl (C=O) groups is 2. The Balaban J connectivity index is 0.00000289. The van der Waals surface area contributed by atoms with Crippen molar-refractivity contribution in [2.75, 3.05) is 6.54 Å². The van der Waals surface area contributed by atoms with Gasteiger partial charge >= 0.3 is 0 Å². The van der Waals surface area contributed by atoms with Crippen molar-refractivity contribution in [3.8, 4) is 22.6 Å². The summed E-state index contributed by atoms with van der Waals surface area (Å²) < 4.78 is 6.04. The van der Waals surface area contributed by atoms with Crippen molar-refractivity contribution in [2.24, 2.45) is 16.5 Å². The molecule has 0 aliphatic carbocycles. The number of aromatic nitrogens is 1. The lowest BCUT2D eigenvalue weighted by atomic mass is 10.1. The van der Waals surface area contributed by atoms with Crippen LogP contribution in [-0.2, 0) is 16.0 Å². The van der Waals surface area contributed by atoms with Gasteiger partial charge in [0.1, 0.15) is 12.0 Å². The molecule has 1 aromatic heterocycles. The zero-order valence-corrected chi connectivity index (χ0v) is 19.5. The minimum atomic E-state index is -0.582. The summed E-state index contributed by atoms with van der Waals surface area (Å²) in [5.41, 5.74) is 13.1. The minimum Gasteiger partial charge on any atom is -0.440 e. The number of carbonyl (C=O) groups excluding carboxylic acids is 2. The van der Waals surface area contributed by atoms with Crippen molar-refractivity contribution in [3.63, 3.8) is 0 Å². The van der Waals surface area contributed by atoms with Crippen LogP contribution < -0.4 is 16.8 Å². The molecule has 0 saturated carbocycles. The average molecular weight is 488 g/mol. The van der Waals surface area contributed by atoms with Crippen LogP contribution in [0, 0.1) is 0 Å². The number of aryl methyl sites for hydroxylation is 1. The molecule has 0 saturated heterocycles. The highest BCUT2D eigenvalue weighted by molar-refractivity contribution is 5.85. The first-order valence-corrected chi connectivity index (χ1v) is 10.5. The maximum Gasteiger partial charge on any atom is 0.221 e. The van der Waals surface area contributed by atoms with Crippen LogP contribution >= 0.6 is 12.4 Å². The van der Waals surface area contributed by atoms with Gasteiger partial charge in [0.05, 0.1) is 6.04 Å². The fourth-order valence-corrected chi connectivity index (χ4v) is 3.24. The lowest BCUT2D eigenvalue weighted by molar-refractivity contribution is -0.124. The number of oxazole rings is 1. The van der Waals surface area contributed by atoms with E-state index < -0.39 is 6.04 Å². The summed E-state index contributed by atoms with van der Waals surface area (Å²) in [5, 5.41) is 2.72. The topological polar surface area (TPSA) is 168 Å². The molecule has 0 aliphatic rings. The number of guanidine groups is 1. The van der Waals surface area contributed by atoms with Gasteiger partial charge in [-0.1, -0.05) is 60.7 Å². The number of nitrogens with one attached hydrogen (secondary N) is 1. The van der Waals surface area contributed by atoms with Gasteiger partial charge < -0.3 is 31.5 Å². The van der Waals surface area contributed by atoms with Gasteiger partial charge in [-0.05, 0) is 12.8 Å². The lowest BCUT2D eigenvalue weighted by Crippen LogP contribution is -2.36. The van der Waals surface area contributed by atoms with Crippen LogP contribution in [0.3, 0.4) is 0 Å². The molecule has 1 atom stereocenters. The van der Waals surface area contributed by atoms with Crippen molar-refractivity contribution in [1.82, 2.24) is 10.3 Å². The molecule has 0 radical (unpaired) electrons. The van der Waals surface area contributed by atoms with Crippen LogP contribution in [0.5, 0.6) is 0 Å². The van der Waals surface area contributed by atoms with Gasteiger partial charge in [-0.3, -0.25) is 9.79 Å². The van der Waals surface area contributed by atoms with E-state index in [9.17, 15) is 9.59 Å². The molecule has 1 amide bonds. The summed E-state index contributed by atoms with van der Waals surface area (Å²) in [5.74, 6) is 0.892. The molecule has 1 heterocycles. The number of halogens is 1. The molecule has 0 unspecified atom stereocenters. The molecular weight excluding hydrogens is 458 g/mol. The summed E-state index contributed by atoms with van der Waals surface area (Å²) in [6.07, 6.45) is 2.24. The molecule has 0 fully saturated rings. The monoisotopic (exact) mass is 487 g/mol. The lowest BCUT2D eigenvalue weighted by Gasteiger charge is -2.11. The molecule has 3 aromatic rings. The van der Waals surface area contributed by atoms with Crippen LogP contribution in [0.15, 0.2) is 70.1 Å². The van der Waals surface area contributed by atoms with Crippen molar-refractivity contribution in [1.29, 1.82) is 0 Å². The first kappa shape index (κ1) is 28.3. The van der Waals surface area contributed by atoms with Gasteiger partial charge in [-0.25, -0.2) is 4.98 Å². The van der Waals surface area contributed by atoms with Crippen molar-refractivity contribution in [2.45, 2.75) is 31.7 Å². The molecule has 0 bridgehead atoms. The van der Waals surface area contributed by atoms with Crippen molar-refractivity contribution in [3.05, 3.63) is 66.6 Å². The van der Waals surface area contributed by atoms with Crippen LogP contribution in [0.2, 0.25) is 0 Å². The number of rotatable bonds is 11. The largest absolute Gasteiger partial charge is 0.440 e. The second-order valence-electron chi connectivity index (χ2n) is 7.28. The maximum absolute atomic E-state index is 12.4. The zero-order chi connectivity index (χ0) is 22.8. The SMILES string of the molecule is Cl.NC(N)=NCCC[C@@H](C=O)NC(=O)CCc1nc(-c2ccccc2)c(-c2ccccc2)o1.O. The van der Waals surface area contributed by atoms with Crippen molar-refractivity contribution >= 4 is 30.6 Å². The van der Waals surface area contributed by atoms with Gasteiger partial charge in [-0.15, -0.1) is 12.4 Å². The quantitative estimate of drug-likeness (QED) is 0.162. The molecular formula is C24H30ClN5O4. The first-order chi connectivity index (χ1) is 15.6. The maximum atomic E-state index is 12.4. The van der Waals surface area contributed by atoms with Crippen LogP contribution in [0.1, 0.15) is 25.2 Å². The Hall–Kier alpha value is -3.69. The molecule has 2 aromatic carbocycles. The third-order valence-electron chi connectivity index (χ3n) is 4.80. The van der Waals surface area contributed by atoms with Gasteiger partial charge in [0.2, 0.25) is 5.91 Å². The molecule has 7 N–H and O–H groups in total. The van der Waals surface area contributed by atoms with Crippen molar-refractivity contribution < 1.29 is 19.5 Å². The number of benzene rings is 2. The van der Waals surface area contributed by atoms with Gasteiger partial charge in [-0.2, -0.15) is 0 Å². The fraction of sp³-hybridized carbons (Fsp3) is 0.250. The Morgan fingerprint density at radius 1 is 1.06 bits per heavy atom. The van der Waals surface area contributed by atoms with E-state index in [1.54, 1.807) is 0 Å². The third-order valence-corrected chi connectivity index (χ3v) is 4.80. The number of aliphatic imine (C=N–C) groups is 1. The summed E-state index contributed by atoms with van der Waals surface area (Å²) >= 11 is 0. The van der Waals surface area contributed by atoms with E-state index in [4.69, 9.17) is 15.9 Å². The predicted octanol–water partition coefficient (Wildman–Crippen LogP) is 2.28. The van der Waals surface area contributed by atoms with E-state index in [1.165, 1.54) is 0 Å². The Bertz CT molecular complexity index is 997. The molecule has 34 heavy (non-hydrogen) atoms. The van der Waals surface area contributed by atoms with E-state index >= 15 is 0 Å². The molecule has 9 nitrogen and oxygen atoms in total. The minimum absolute atomic E-state index is 0. The molecule has 10 heteroatoms. The van der Waals surface area contributed by atoms with E-state index in [2.05, 4.69) is 15.3 Å². The predicted molar refractivity (Wildman–Crippen MR) is 134 cm³/mol. The standard InChI is InChI=1S/C24H27N5O3.ClH.H2O/c25-24(26)27-15-7-12-19(16-30)28-20(31)13-14-21-29-22(17-8-3-1-4-9-17)23(32-21)18-10-5-2-6-11-18;;/h1-6,8-11,16,19H,7,12-15H2,(H,28,31)(H4,25,26,27);1H;1H2/t19-;;/m0../s1. The highest BCUT2D eigenvalue weighted by atomic mass is 35.5. The van der Waals surface area contributed by atoms with Crippen LogP contribution in [0.25, 0.3) is 22.6 Å². The molecule has 0 spiro atoms. The molecule has 182 valence electrons. The van der Waals surface area contributed by atoms with Crippen LogP contribution in [0.4, 0.5) is 0 Å². The first-order valence-electron chi connectivity index (χ1n) is 10.5. The second-order valence-corrected chi connectivity index (χ2v) is 7.28. The number of hydrogen-bond donors (Lipinski definition) is 3. The number of amides is 1. The van der Waals surface area contributed by atoms with Crippen LogP contribution in [-0.4, -0.2) is 41.2 Å². The summed E-state index contributed by atoms with van der Waals surface area (Å²) in [7, 11) is 0. The van der Waals surface area contributed by atoms with Gasteiger partial charge in [0.25, 0.3) is 0 Å². The number of nitrogens with zero attached hydrogens (tertiary/aromatic N) is 2. The fourth-order valence-electron chi connectivity index (χ4n) is 3.24. The third kappa shape index (κ3) is 8.34. The molecule has 0 aliphatic heterocycles. The second kappa shape index (κ2) is 14.5. The van der Waals surface area contributed by atoms with E-state index in [-0.39, 0.29) is 36.2 Å². The normalized spacial score (nSPS) is 10.8. The summed E-state index contributed by atoms with van der Waals surface area (Å²) in [4.78, 5) is 32.1. The Kier molecular flexibility index (Phi) is 12.1. The number of aldehydes is 1. The smallest absolute Gasteiger partial charge is 0.221 e. The molecule has 3 rings (SSSR count). The Morgan fingerprint density at radius 3 is 2.26 bits per heavy atom. The summed E-state index contributed by atoms with van der Waals surface area (Å²) in [6, 6.07) is 18.9. The van der Waals surface area contributed by atoms with E-state index in [0.717, 1.165) is 23.1 Å². The Labute approximate surface area is 204 Å². The summed E-state index contributed by atoms with van der Waals surface area (Å²) in [6.45, 7) is 0.406. The highest BCUT2D eigenvalue weighted by Crippen LogP contribution is 2.32. The number of hydrogen-bond acceptors (Lipinski definition) is 5. The van der Waals surface area contributed by atoms with Gasteiger partial charge in [0.15, 0.2) is 17.6 Å². The van der Waals surface area contributed by atoms with E-state index in [1.807, 2.05) is 60.7 Å².